The average Bonchev–Trinajstić information content (AvgIpc) is 2.61. The van der Waals surface area contributed by atoms with Gasteiger partial charge in [0.05, 0.1) is 12.2 Å². The van der Waals surface area contributed by atoms with Crippen molar-refractivity contribution < 1.29 is 5.11 Å². The van der Waals surface area contributed by atoms with Gasteiger partial charge in [0.2, 0.25) is 0 Å². The van der Waals surface area contributed by atoms with E-state index in [1.54, 1.807) is 6.92 Å². The standard InChI is InChI=1S/C11H16N2O/c1-10(14)11-5-8-13(9-11)7-4-2-3-6-12/h5,8-10,14H,2-4,7H2,1H3. The maximum atomic E-state index is 9.29. The first-order chi connectivity index (χ1) is 6.74. The van der Waals surface area contributed by atoms with Crippen LogP contribution in [0.15, 0.2) is 18.5 Å². The highest BCUT2D eigenvalue weighted by Gasteiger charge is 2.01. The second kappa shape index (κ2) is 5.46. The van der Waals surface area contributed by atoms with Gasteiger partial charge in [0.1, 0.15) is 0 Å². The summed E-state index contributed by atoms with van der Waals surface area (Å²) in [5.74, 6) is 0. The fourth-order valence-corrected chi connectivity index (χ4v) is 1.34. The molecule has 0 fully saturated rings. The molecule has 14 heavy (non-hydrogen) atoms. The lowest BCUT2D eigenvalue weighted by Gasteiger charge is -2.01. The van der Waals surface area contributed by atoms with E-state index >= 15 is 0 Å². The fourth-order valence-electron chi connectivity index (χ4n) is 1.34. The van der Waals surface area contributed by atoms with E-state index in [1.807, 2.05) is 18.5 Å². The number of nitriles is 1. The summed E-state index contributed by atoms with van der Waals surface area (Å²) >= 11 is 0. The molecule has 0 radical (unpaired) electrons. The first-order valence-electron chi connectivity index (χ1n) is 4.94. The SMILES string of the molecule is CC(O)c1ccn(CCCCC#N)c1. The van der Waals surface area contributed by atoms with Gasteiger partial charge in [-0.15, -0.1) is 0 Å². The summed E-state index contributed by atoms with van der Waals surface area (Å²) in [5.41, 5.74) is 0.949. The van der Waals surface area contributed by atoms with Crippen LogP contribution in [0.4, 0.5) is 0 Å². The summed E-state index contributed by atoms with van der Waals surface area (Å²) in [6.07, 6.45) is 6.12. The molecule has 1 atom stereocenters. The van der Waals surface area contributed by atoms with E-state index in [1.165, 1.54) is 0 Å². The third-order valence-corrected chi connectivity index (χ3v) is 2.21. The number of aliphatic hydroxyl groups excluding tert-OH is 1. The molecule has 1 unspecified atom stereocenters. The zero-order valence-corrected chi connectivity index (χ0v) is 8.48. The molecule has 0 amide bonds. The Bertz CT molecular complexity index is 309. The second-order valence-electron chi connectivity index (χ2n) is 3.47. The van der Waals surface area contributed by atoms with E-state index in [0.29, 0.717) is 6.42 Å². The van der Waals surface area contributed by atoms with Crippen molar-refractivity contribution in [1.29, 1.82) is 5.26 Å². The van der Waals surface area contributed by atoms with Crippen molar-refractivity contribution in [2.24, 2.45) is 0 Å². The Morgan fingerprint density at radius 3 is 2.93 bits per heavy atom. The largest absolute Gasteiger partial charge is 0.389 e. The third-order valence-electron chi connectivity index (χ3n) is 2.21. The normalized spacial score (nSPS) is 12.4. The van der Waals surface area contributed by atoms with Gasteiger partial charge >= 0.3 is 0 Å². The van der Waals surface area contributed by atoms with Gasteiger partial charge in [-0.3, -0.25) is 0 Å². The molecular formula is C11H16N2O. The molecule has 1 aromatic heterocycles. The summed E-state index contributed by atoms with van der Waals surface area (Å²) < 4.78 is 2.05. The van der Waals surface area contributed by atoms with Gasteiger partial charge in [0, 0.05) is 25.4 Å². The predicted octanol–water partition coefficient (Wildman–Crippen LogP) is 2.24. The van der Waals surface area contributed by atoms with Crippen LogP contribution in [0.5, 0.6) is 0 Å². The monoisotopic (exact) mass is 192 g/mol. The number of nitrogens with zero attached hydrogens (tertiary/aromatic N) is 2. The van der Waals surface area contributed by atoms with E-state index in [0.717, 1.165) is 24.9 Å². The quantitative estimate of drug-likeness (QED) is 0.727. The van der Waals surface area contributed by atoms with Crippen LogP contribution in [0.25, 0.3) is 0 Å². The highest BCUT2D eigenvalue weighted by molar-refractivity contribution is 5.12. The summed E-state index contributed by atoms with van der Waals surface area (Å²) in [6, 6.07) is 4.05. The van der Waals surface area contributed by atoms with Crippen molar-refractivity contribution in [3.05, 3.63) is 24.0 Å². The molecule has 0 bridgehead atoms. The smallest absolute Gasteiger partial charge is 0.0776 e. The zero-order valence-electron chi connectivity index (χ0n) is 8.48. The molecule has 1 rings (SSSR count). The Labute approximate surface area is 84.6 Å². The lowest BCUT2D eigenvalue weighted by atomic mass is 10.2. The van der Waals surface area contributed by atoms with Gasteiger partial charge in [-0.1, -0.05) is 0 Å². The average molecular weight is 192 g/mol. The lowest BCUT2D eigenvalue weighted by Crippen LogP contribution is -1.94. The number of aromatic nitrogens is 1. The van der Waals surface area contributed by atoms with Crippen molar-refractivity contribution in [3.8, 4) is 6.07 Å². The van der Waals surface area contributed by atoms with Crippen LogP contribution in [0, 0.1) is 11.3 Å². The molecule has 3 nitrogen and oxygen atoms in total. The summed E-state index contributed by atoms with van der Waals surface area (Å²) in [5, 5.41) is 17.6. The molecule has 0 aliphatic heterocycles. The van der Waals surface area contributed by atoms with Gasteiger partial charge in [-0.25, -0.2) is 0 Å². The number of rotatable bonds is 5. The highest BCUT2D eigenvalue weighted by Crippen LogP contribution is 2.12. The minimum atomic E-state index is -0.393. The molecule has 3 heteroatoms. The number of aryl methyl sites for hydroxylation is 1. The van der Waals surface area contributed by atoms with Gasteiger partial charge in [0.15, 0.2) is 0 Å². The zero-order chi connectivity index (χ0) is 10.4. The summed E-state index contributed by atoms with van der Waals surface area (Å²) in [4.78, 5) is 0. The number of hydrogen-bond acceptors (Lipinski definition) is 2. The first-order valence-corrected chi connectivity index (χ1v) is 4.94. The number of unbranched alkanes of at least 4 members (excludes halogenated alkanes) is 2. The van der Waals surface area contributed by atoms with E-state index in [4.69, 9.17) is 5.26 Å². The Kier molecular flexibility index (Phi) is 4.21. The van der Waals surface area contributed by atoms with Crippen LogP contribution in [0.1, 0.15) is 37.9 Å². The predicted molar refractivity (Wildman–Crippen MR) is 54.5 cm³/mol. The van der Waals surface area contributed by atoms with Gasteiger partial charge in [-0.05, 0) is 31.4 Å². The van der Waals surface area contributed by atoms with E-state index in [9.17, 15) is 5.11 Å². The molecule has 1 aromatic rings. The number of hydrogen-bond donors (Lipinski definition) is 1. The van der Waals surface area contributed by atoms with Crippen LogP contribution in [-0.4, -0.2) is 9.67 Å². The van der Waals surface area contributed by atoms with Crippen molar-refractivity contribution in [2.45, 2.75) is 38.8 Å². The molecule has 1 N–H and O–H groups in total. The van der Waals surface area contributed by atoms with Crippen LogP contribution in [-0.2, 0) is 6.54 Å². The van der Waals surface area contributed by atoms with Crippen molar-refractivity contribution in [1.82, 2.24) is 4.57 Å². The van der Waals surface area contributed by atoms with Crippen molar-refractivity contribution in [3.63, 3.8) is 0 Å². The maximum Gasteiger partial charge on any atom is 0.0776 e. The van der Waals surface area contributed by atoms with E-state index in [2.05, 4.69) is 10.6 Å². The molecule has 0 aromatic carbocycles. The van der Waals surface area contributed by atoms with Crippen LogP contribution >= 0.6 is 0 Å². The Morgan fingerprint density at radius 1 is 1.57 bits per heavy atom. The minimum absolute atomic E-state index is 0.393. The van der Waals surface area contributed by atoms with Crippen molar-refractivity contribution in [2.75, 3.05) is 0 Å². The van der Waals surface area contributed by atoms with Crippen LogP contribution < -0.4 is 0 Å². The van der Waals surface area contributed by atoms with Crippen LogP contribution in [0.3, 0.4) is 0 Å². The Balaban J connectivity index is 2.33. The highest BCUT2D eigenvalue weighted by atomic mass is 16.3. The summed E-state index contributed by atoms with van der Waals surface area (Å²) in [6.45, 7) is 2.68. The summed E-state index contributed by atoms with van der Waals surface area (Å²) in [7, 11) is 0. The molecule has 0 spiro atoms. The van der Waals surface area contributed by atoms with Gasteiger partial charge < -0.3 is 9.67 Å². The number of aliphatic hydroxyl groups is 1. The Hall–Kier alpha value is -1.27. The molecule has 0 aliphatic rings. The lowest BCUT2D eigenvalue weighted by molar-refractivity contribution is 0.199. The fraction of sp³-hybridized carbons (Fsp3) is 0.545. The molecule has 0 saturated carbocycles. The Morgan fingerprint density at radius 2 is 2.36 bits per heavy atom. The second-order valence-corrected chi connectivity index (χ2v) is 3.47. The minimum Gasteiger partial charge on any atom is -0.389 e. The molecule has 0 aliphatic carbocycles. The van der Waals surface area contributed by atoms with Crippen LogP contribution in [0.2, 0.25) is 0 Å². The first kappa shape index (κ1) is 10.8. The van der Waals surface area contributed by atoms with E-state index in [-0.39, 0.29) is 0 Å². The topological polar surface area (TPSA) is 49.0 Å². The molecule has 0 saturated heterocycles. The van der Waals surface area contributed by atoms with Crippen molar-refractivity contribution >= 4 is 0 Å². The van der Waals surface area contributed by atoms with E-state index < -0.39 is 6.10 Å². The van der Waals surface area contributed by atoms with Gasteiger partial charge in [0.25, 0.3) is 0 Å². The van der Waals surface area contributed by atoms with Gasteiger partial charge in [-0.2, -0.15) is 5.26 Å². The molecule has 1 heterocycles. The maximum absolute atomic E-state index is 9.29. The third kappa shape index (κ3) is 3.23. The molecule has 76 valence electrons. The molecular weight excluding hydrogens is 176 g/mol.